The molecule has 0 aromatic heterocycles. The van der Waals surface area contributed by atoms with Crippen LogP contribution >= 0.6 is 0 Å². The van der Waals surface area contributed by atoms with Gasteiger partial charge in [-0.25, -0.2) is 4.79 Å². The molecule has 17 heavy (non-hydrogen) atoms. The Morgan fingerprint density at radius 1 is 1.35 bits per heavy atom. The fourth-order valence-electron chi connectivity index (χ4n) is 1.56. The van der Waals surface area contributed by atoms with E-state index in [9.17, 15) is 18.0 Å². The predicted molar refractivity (Wildman–Crippen MR) is 52.6 cm³/mol. The average molecular weight is 244 g/mol. The van der Waals surface area contributed by atoms with E-state index in [0.717, 1.165) is 12.1 Å². The number of aliphatic carboxylic acids is 1. The molecule has 0 amide bonds. The van der Waals surface area contributed by atoms with Gasteiger partial charge >= 0.3 is 12.1 Å². The molecular formula is C11H7F3O3. The molecule has 2 rings (SSSR count). The third kappa shape index (κ3) is 2.11. The van der Waals surface area contributed by atoms with Gasteiger partial charge in [-0.3, -0.25) is 0 Å². The van der Waals surface area contributed by atoms with Crippen molar-refractivity contribution < 1.29 is 27.8 Å². The van der Waals surface area contributed by atoms with Crippen LogP contribution in [-0.4, -0.2) is 17.7 Å². The molecule has 0 atom stereocenters. The number of hydrogen-bond acceptors (Lipinski definition) is 2. The van der Waals surface area contributed by atoms with Crippen molar-refractivity contribution in [3.05, 3.63) is 34.9 Å². The molecule has 3 nitrogen and oxygen atoms in total. The highest BCUT2D eigenvalue weighted by Gasteiger charge is 2.35. The number of carboxylic acid groups (broad SMARTS) is 1. The van der Waals surface area contributed by atoms with Crippen LogP contribution in [0.5, 0.6) is 5.75 Å². The first-order valence-corrected chi connectivity index (χ1v) is 4.66. The zero-order chi connectivity index (χ0) is 12.6. The van der Waals surface area contributed by atoms with Gasteiger partial charge in [0.2, 0.25) is 0 Å². The summed E-state index contributed by atoms with van der Waals surface area (Å²) in [5, 5.41) is 8.73. The maximum Gasteiger partial charge on any atom is 0.417 e. The Kier molecular flexibility index (Phi) is 2.57. The highest BCUT2D eigenvalue weighted by molar-refractivity contribution is 5.94. The molecular weight excluding hydrogens is 237 g/mol. The quantitative estimate of drug-likeness (QED) is 0.825. The lowest BCUT2D eigenvalue weighted by Crippen LogP contribution is -2.17. The Morgan fingerprint density at radius 2 is 2.06 bits per heavy atom. The second-order valence-electron chi connectivity index (χ2n) is 3.48. The van der Waals surface area contributed by atoms with Crippen LogP contribution in [0.25, 0.3) is 6.08 Å². The Labute approximate surface area is 94.1 Å². The summed E-state index contributed by atoms with van der Waals surface area (Å²) in [4.78, 5) is 10.7. The van der Waals surface area contributed by atoms with E-state index < -0.39 is 17.7 Å². The van der Waals surface area contributed by atoms with Gasteiger partial charge in [0, 0.05) is 5.56 Å². The lowest BCUT2D eigenvalue weighted by molar-refractivity contribution is -0.138. The van der Waals surface area contributed by atoms with Gasteiger partial charge in [-0.05, 0) is 18.2 Å². The fraction of sp³-hybridized carbons (Fsp3) is 0.182. The molecule has 6 heteroatoms. The van der Waals surface area contributed by atoms with Crippen LogP contribution in [0, 0.1) is 0 Å². The minimum atomic E-state index is -4.54. The predicted octanol–water partition coefficient (Wildman–Crippen LogP) is 2.57. The molecule has 1 aliphatic heterocycles. The normalized spacial score (nSPS) is 14.6. The fourth-order valence-corrected chi connectivity index (χ4v) is 1.56. The summed E-state index contributed by atoms with van der Waals surface area (Å²) in [6.07, 6.45) is -3.53. The molecule has 0 bridgehead atoms. The van der Waals surface area contributed by atoms with Crippen LogP contribution in [0.1, 0.15) is 11.1 Å². The van der Waals surface area contributed by atoms with Gasteiger partial charge < -0.3 is 9.84 Å². The topological polar surface area (TPSA) is 46.5 Å². The first-order valence-electron chi connectivity index (χ1n) is 4.66. The minimum absolute atomic E-state index is 0.0461. The lowest BCUT2D eigenvalue weighted by atomic mass is 10.0. The van der Waals surface area contributed by atoms with Crippen molar-refractivity contribution in [2.75, 3.05) is 6.61 Å². The van der Waals surface area contributed by atoms with Gasteiger partial charge in [0.1, 0.15) is 12.4 Å². The van der Waals surface area contributed by atoms with E-state index >= 15 is 0 Å². The zero-order valence-electron chi connectivity index (χ0n) is 8.41. The Balaban J connectivity index is 2.59. The average Bonchev–Trinajstić information content (AvgIpc) is 2.26. The molecule has 0 aliphatic carbocycles. The molecule has 0 radical (unpaired) electrons. The Bertz CT molecular complexity index is 503. The number of fused-ring (bicyclic) bond motifs is 1. The van der Waals surface area contributed by atoms with Gasteiger partial charge in [0.05, 0.1) is 11.1 Å². The molecule has 0 unspecified atom stereocenters. The second-order valence-corrected chi connectivity index (χ2v) is 3.48. The van der Waals surface area contributed by atoms with E-state index in [1.165, 1.54) is 12.1 Å². The van der Waals surface area contributed by atoms with Crippen molar-refractivity contribution in [3.63, 3.8) is 0 Å². The zero-order valence-corrected chi connectivity index (χ0v) is 8.41. The van der Waals surface area contributed by atoms with Crippen molar-refractivity contribution in [3.8, 4) is 5.75 Å². The number of hydrogen-bond donors (Lipinski definition) is 1. The Hall–Kier alpha value is -1.98. The van der Waals surface area contributed by atoms with Gasteiger partial charge in [0.15, 0.2) is 0 Å². The molecule has 0 fully saturated rings. The number of halogens is 3. The van der Waals surface area contributed by atoms with E-state index in [-0.39, 0.29) is 23.5 Å². The van der Waals surface area contributed by atoms with Crippen molar-refractivity contribution in [1.82, 2.24) is 0 Å². The molecule has 1 aromatic carbocycles. The van der Waals surface area contributed by atoms with Crippen molar-refractivity contribution in [2.24, 2.45) is 0 Å². The highest BCUT2D eigenvalue weighted by Crippen LogP contribution is 2.38. The maximum atomic E-state index is 12.7. The number of carbonyl (C=O) groups is 1. The third-order valence-electron chi connectivity index (χ3n) is 2.35. The second kappa shape index (κ2) is 3.80. The largest absolute Gasteiger partial charge is 0.488 e. The SMILES string of the molecule is O=C(O)C1=Cc2c(cccc2C(F)(F)F)OC1. The van der Waals surface area contributed by atoms with Crippen LogP contribution < -0.4 is 4.74 Å². The van der Waals surface area contributed by atoms with Gasteiger partial charge in [-0.15, -0.1) is 0 Å². The summed E-state index contributed by atoms with van der Waals surface area (Å²) < 4.78 is 43.0. The van der Waals surface area contributed by atoms with E-state index in [1.807, 2.05) is 0 Å². The summed E-state index contributed by atoms with van der Waals surface area (Å²) in [5.41, 5.74) is -1.33. The van der Waals surface area contributed by atoms with Gasteiger partial charge in [-0.1, -0.05) is 6.07 Å². The standard InChI is InChI=1S/C11H7F3O3/c12-11(13,14)8-2-1-3-9-7(8)4-6(5-17-9)10(15)16/h1-4H,5H2,(H,15,16). The smallest absolute Gasteiger partial charge is 0.417 e. The monoisotopic (exact) mass is 244 g/mol. The van der Waals surface area contributed by atoms with Crippen molar-refractivity contribution in [2.45, 2.75) is 6.18 Å². The molecule has 0 saturated heterocycles. The van der Waals surface area contributed by atoms with Gasteiger partial charge in [-0.2, -0.15) is 13.2 Å². The maximum absolute atomic E-state index is 12.7. The lowest BCUT2D eigenvalue weighted by Gasteiger charge is -2.19. The minimum Gasteiger partial charge on any atom is -0.488 e. The van der Waals surface area contributed by atoms with Crippen LogP contribution in [0.15, 0.2) is 23.8 Å². The first-order chi connectivity index (χ1) is 7.89. The molecule has 1 aliphatic rings. The number of carboxylic acids is 1. The molecule has 0 spiro atoms. The molecule has 0 saturated carbocycles. The van der Waals surface area contributed by atoms with Crippen molar-refractivity contribution in [1.29, 1.82) is 0 Å². The Morgan fingerprint density at radius 3 is 2.65 bits per heavy atom. The number of rotatable bonds is 1. The van der Waals surface area contributed by atoms with E-state index in [2.05, 4.69) is 0 Å². The number of ether oxygens (including phenoxy) is 1. The van der Waals surface area contributed by atoms with E-state index in [0.29, 0.717) is 0 Å². The third-order valence-corrected chi connectivity index (χ3v) is 2.35. The van der Waals surface area contributed by atoms with E-state index in [4.69, 9.17) is 9.84 Å². The van der Waals surface area contributed by atoms with Crippen LogP contribution in [0.2, 0.25) is 0 Å². The number of alkyl halides is 3. The molecule has 1 heterocycles. The molecule has 1 N–H and O–H groups in total. The van der Waals surface area contributed by atoms with E-state index in [1.54, 1.807) is 0 Å². The van der Waals surface area contributed by atoms with Crippen LogP contribution in [0.4, 0.5) is 13.2 Å². The number of benzene rings is 1. The molecule has 1 aromatic rings. The first kappa shape index (κ1) is 11.5. The summed E-state index contributed by atoms with van der Waals surface area (Å²) in [6, 6.07) is 3.49. The highest BCUT2D eigenvalue weighted by atomic mass is 19.4. The summed E-state index contributed by atoms with van der Waals surface area (Å²) in [6.45, 7) is -0.232. The van der Waals surface area contributed by atoms with Crippen LogP contribution in [-0.2, 0) is 11.0 Å². The summed E-state index contributed by atoms with van der Waals surface area (Å²) in [7, 11) is 0. The summed E-state index contributed by atoms with van der Waals surface area (Å²) in [5.74, 6) is -1.24. The molecule has 90 valence electrons. The summed E-state index contributed by atoms with van der Waals surface area (Å²) >= 11 is 0. The van der Waals surface area contributed by atoms with Gasteiger partial charge in [0.25, 0.3) is 0 Å². The van der Waals surface area contributed by atoms with Crippen LogP contribution in [0.3, 0.4) is 0 Å². The van der Waals surface area contributed by atoms with Crippen molar-refractivity contribution >= 4 is 12.0 Å².